The van der Waals surface area contributed by atoms with Crippen LogP contribution in [0.1, 0.15) is 26.7 Å². The molecule has 0 bridgehead atoms. The average Bonchev–Trinajstić information content (AvgIpc) is 2.61. The van der Waals surface area contributed by atoms with E-state index in [2.05, 4.69) is 24.1 Å². The Morgan fingerprint density at radius 2 is 2.25 bits per heavy atom. The third-order valence-corrected chi connectivity index (χ3v) is 3.35. The summed E-state index contributed by atoms with van der Waals surface area (Å²) in [4.78, 5) is 4.07. The predicted octanol–water partition coefficient (Wildman–Crippen LogP) is 2.08. The summed E-state index contributed by atoms with van der Waals surface area (Å²) >= 11 is 6.03. The Morgan fingerprint density at radius 3 is 2.88 bits per heavy atom. The Morgan fingerprint density at radius 1 is 1.56 bits per heavy atom. The van der Waals surface area contributed by atoms with Gasteiger partial charge in [-0.25, -0.2) is 4.98 Å². The van der Waals surface area contributed by atoms with Gasteiger partial charge in [-0.2, -0.15) is 0 Å². The van der Waals surface area contributed by atoms with Crippen molar-refractivity contribution < 1.29 is 4.74 Å². The SMILES string of the molecule is CCn1cnc(Cl)c1OC1(C)CCNCC1. The van der Waals surface area contributed by atoms with E-state index in [1.807, 2.05) is 4.57 Å². The fourth-order valence-electron chi connectivity index (χ4n) is 1.96. The smallest absolute Gasteiger partial charge is 0.234 e. The maximum atomic E-state index is 6.06. The molecule has 0 unspecified atom stereocenters. The van der Waals surface area contributed by atoms with E-state index in [0.29, 0.717) is 11.0 Å². The molecule has 1 fully saturated rings. The number of nitrogens with zero attached hydrogens (tertiary/aromatic N) is 2. The van der Waals surface area contributed by atoms with Gasteiger partial charge in [0.1, 0.15) is 5.60 Å². The van der Waals surface area contributed by atoms with Gasteiger partial charge in [-0.1, -0.05) is 11.6 Å². The maximum Gasteiger partial charge on any atom is 0.234 e. The first-order valence-electron chi connectivity index (χ1n) is 5.75. The second kappa shape index (κ2) is 4.63. The molecule has 1 aliphatic heterocycles. The zero-order valence-electron chi connectivity index (χ0n) is 9.79. The zero-order chi connectivity index (χ0) is 11.6. The van der Waals surface area contributed by atoms with E-state index in [-0.39, 0.29) is 5.60 Å². The minimum Gasteiger partial charge on any atom is -0.470 e. The van der Waals surface area contributed by atoms with Crippen molar-refractivity contribution in [2.45, 2.75) is 38.8 Å². The van der Waals surface area contributed by atoms with Gasteiger partial charge < -0.3 is 14.6 Å². The van der Waals surface area contributed by atoms with E-state index < -0.39 is 0 Å². The molecule has 0 saturated carbocycles. The summed E-state index contributed by atoms with van der Waals surface area (Å²) in [7, 11) is 0. The predicted molar refractivity (Wildman–Crippen MR) is 64.0 cm³/mol. The van der Waals surface area contributed by atoms with E-state index >= 15 is 0 Å². The van der Waals surface area contributed by atoms with Crippen molar-refractivity contribution in [2.24, 2.45) is 0 Å². The van der Waals surface area contributed by atoms with Crippen molar-refractivity contribution in [1.29, 1.82) is 0 Å². The highest BCUT2D eigenvalue weighted by Crippen LogP contribution is 2.30. The van der Waals surface area contributed by atoms with E-state index in [1.54, 1.807) is 6.33 Å². The summed E-state index contributed by atoms with van der Waals surface area (Å²) in [5, 5.41) is 3.79. The summed E-state index contributed by atoms with van der Waals surface area (Å²) in [6.45, 7) is 7.00. The van der Waals surface area contributed by atoms with E-state index in [9.17, 15) is 0 Å². The third-order valence-electron chi connectivity index (χ3n) is 3.09. The molecular formula is C11H18ClN3O. The lowest BCUT2D eigenvalue weighted by molar-refractivity contribution is 0.0470. The van der Waals surface area contributed by atoms with Gasteiger partial charge in [0.05, 0.1) is 6.33 Å². The monoisotopic (exact) mass is 243 g/mol. The van der Waals surface area contributed by atoms with E-state index in [4.69, 9.17) is 16.3 Å². The highest BCUT2D eigenvalue weighted by atomic mass is 35.5. The minimum atomic E-state index is -0.123. The quantitative estimate of drug-likeness (QED) is 0.884. The van der Waals surface area contributed by atoms with Gasteiger partial charge >= 0.3 is 0 Å². The molecule has 0 spiro atoms. The van der Waals surface area contributed by atoms with Gasteiger partial charge in [-0.05, 0) is 39.8 Å². The Kier molecular flexibility index (Phi) is 3.40. The maximum absolute atomic E-state index is 6.06. The standard InChI is InChI=1S/C11H18ClN3O/c1-3-15-8-14-9(12)10(15)16-11(2)4-6-13-7-5-11/h8,13H,3-7H2,1-2H3. The first-order valence-corrected chi connectivity index (χ1v) is 6.13. The number of piperidine rings is 1. The first kappa shape index (κ1) is 11.7. The lowest BCUT2D eigenvalue weighted by Crippen LogP contribution is -2.44. The van der Waals surface area contributed by atoms with E-state index in [1.165, 1.54) is 0 Å². The van der Waals surface area contributed by atoms with Crippen molar-refractivity contribution >= 4 is 11.6 Å². The van der Waals surface area contributed by atoms with Gasteiger partial charge in [0, 0.05) is 6.54 Å². The second-order valence-corrected chi connectivity index (χ2v) is 4.79. The van der Waals surface area contributed by atoms with Gasteiger partial charge in [-0.15, -0.1) is 0 Å². The molecule has 2 heterocycles. The van der Waals surface area contributed by atoms with Crippen LogP contribution in [0.5, 0.6) is 5.88 Å². The molecule has 0 aromatic carbocycles. The highest BCUT2D eigenvalue weighted by Gasteiger charge is 2.30. The van der Waals surface area contributed by atoms with Gasteiger partial charge in [0.15, 0.2) is 5.15 Å². The van der Waals surface area contributed by atoms with Crippen LogP contribution in [0.25, 0.3) is 0 Å². The van der Waals surface area contributed by atoms with Gasteiger partial charge in [-0.3, -0.25) is 0 Å². The Bertz CT molecular complexity index is 358. The number of hydrogen-bond donors (Lipinski definition) is 1. The molecule has 4 nitrogen and oxygen atoms in total. The number of ether oxygens (including phenoxy) is 1. The number of aromatic nitrogens is 2. The lowest BCUT2D eigenvalue weighted by Gasteiger charge is -2.34. The molecule has 1 N–H and O–H groups in total. The lowest BCUT2D eigenvalue weighted by atomic mass is 9.95. The van der Waals surface area contributed by atoms with E-state index in [0.717, 1.165) is 32.5 Å². The topological polar surface area (TPSA) is 39.1 Å². The summed E-state index contributed by atoms with van der Waals surface area (Å²) in [6.07, 6.45) is 3.72. The molecule has 90 valence electrons. The van der Waals surface area contributed by atoms with Crippen LogP contribution in [0.15, 0.2) is 6.33 Å². The second-order valence-electron chi connectivity index (χ2n) is 4.43. The zero-order valence-corrected chi connectivity index (χ0v) is 10.5. The molecule has 5 heteroatoms. The van der Waals surface area contributed by atoms with Crippen LogP contribution in [-0.4, -0.2) is 28.2 Å². The highest BCUT2D eigenvalue weighted by molar-refractivity contribution is 6.30. The van der Waals surface area contributed by atoms with Crippen LogP contribution < -0.4 is 10.1 Å². The fraction of sp³-hybridized carbons (Fsp3) is 0.727. The van der Waals surface area contributed by atoms with Crippen LogP contribution in [0.2, 0.25) is 5.15 Å². The molecule has 1 aromatic heterocycles. The van der Waals surface area contributed by atoms with Gasteiger partial charge in [0.25, 0.3) is 0 Å². The summed E-state index contributed by atoms with van der Waals surface area (Å²) in [6, 6.07) is 0. The Hall–Kier alpha value is -0.740. The number of hydrogen-bond acceptors (Lipinski definition) is 3. The number of aryl methyl sites for hydroxylation is 1. The Balaban J connectivity index is 2.15. The number of rotatable bonds is 3. The fourth-order valence-corrected chi connectivity index (χ4v) is 2.15. The van der Waals surface area contributed by atoms with Crippen LogP contribution in [0.3, 0.4) is 0 Å². The summed E-state index contributed by atoms with van der Waals surface area (Å²) in [5.41, 5.74) is -0.123. The van der Waals surface area contributed by atoms with Crippen molar-refractivity contribution in [1.82, 2.24) is 14.9 Å². The molecule has 0 amide bonds. The molecule has 0 aliphatic carbocycles. The van der Waals surface area contributed by atoms with Crippen molar-refractivity contribution in [3.63, 3.8) is 0 Å². The summed E-state index contributed by atoms with van der Waals surface area (Å²) < 4.78 is 8.00. The number of halogens is 1. The molecule has 2 rings (SSSR count). The van der Waals surface area contributed by atoms with Crippen LogP contribution in [0.4, 0.5) is 0 Å². The first-order chi connectivity index (χ1) is 7.64. The van der Waals surface area contributed by atoms with Crippen LogP contribution in [0, 0.1) is 0 Å². The summed E-state index contributed by atoms with van der Waals surface area (Å²) in [5.74, 6) is 0.702. The molecule has 1 aliphatic rings. The number of nitrogens with one attached hydrogen (secondary N) is 1. The molecule has 1 saturated heterocycles. The van der Waals surface area contributed by atoms with Crippen molar-refractivity contribution in [3.05, 3.63) is 11.5 Å². The molecule has 16 heavy (non-hydrogen) atoms. The normalized spacial score (nSPS) is 19.7. The van der Waals surface area contributed by atoms with Crippen molar-refractivity contribution in [3.8, 4) is 5.88 Å². The molecule has 0 radical (unpaired) electrons. The molecule has 0 atom stereocenters. The van der Waals surface area contributed by atoms with Gasteiger partial charge in [0.2, 0.25) is 5.88 Å². The Labute approximate surface area is 101 Å². The average molecular weight is 244 g/mol. The van der Waals surface area contributed by atoms with Crippen LogP contribution in [-0.2, 0) is 6.54 Å². The van der Waals surface area contributed by atoms with Crippen molar-refractivity contribution in [2.75, 3.05) is 13.1 Å². The minimum absolute atomic E-state index is 0.123. The number of imidazole rings is 1. The molecule has 1 aromatic rings. The third kappa shape index (κ3) is 2.33. The van der Waals surface area contributed by atoms with Crippen LogP contribution >= 0.6 is 11.6 Å². The largest absolute Gasteiger partial charge is 0.470 e. The molecular weight excluding hydrogens is 226 g/mol.